The van der Waals surface area contributed by atoms with Gasteiger partial charge in [0.2, 0.25) is 10.0 Å². The van der Waals surface area contributed by atoms with Gasteiger partial charge in [0.15, 0.2) is 0 Å². The predicted molar refractivity (Wildman–Crippen MR) is 71.9 cm³/mol. The van der Waals surface area contributed by atoms with Gasteiger partial charge in [0.1, 0.15) is 0 Å². The van der Waals surface area contributed by atoms with Gasteiger partial charge < -0.3 is 5.73 Å². The van der Waals surface area contributed by atoms with E-state index in [1.54, 1.807) is 10.4 Å². The molecule has 0 amide bonds. The van der Waals surface area contributed by atoms with Crippen molar-refractivity contribution in [1.82, 2.24) is 4.31 Å². The zero-order valence-electron chi connectivity index (χ0n) is 10.9. The summed E-state index contributed by atoms with van der Waals surface area (Å²) >= 11 is 0. The molecular weight excluding hydrogens is 248 g/mol. The second-order valence-electron chi connectivity index (χ2n) is 4.92. The molecule has 18 heavy (non-hydrogen) atoms. The fraction of sp³-hybridized carbons (Fsp3) is 0.538. The summed E-state index contributed by atoms with van der Waals surface area (Å²) in [5, 5.41) is 0. The fourth-order valence-electron chi connectivity index (χ4n) is 2.58. The van der Waals surface area contributed by atoms with Gasteiger partial charge in [0.05, 0.1) is 4.90 Å². The average Bonchev–Trinajstić information content (AvgIpc) is 2.76. The standard InChI is InChI=1S/C13H20N2O2S/c1-10-5-6-13(11(2)8-10)18(16,17)15-7-3-4-12(15)9-14/h5-6,8,12H,3-4,7,9,14H2,1-2H3/t12-/m0/s1. The molecule has 0 bridgehead atoms. The number of hydrogen-bond acceptors (Lipinski definition) is 3. The molecule has 5 heteroatoms. The second-order valence-corrected chi connectivity index (χ2v) is 6.78. The zero-order valence-corrected chi connectivity index (χ0v) is 11.7. The van der Waals surface area contributed by atoms with Gasteiger partial charge in [0.25, 0.3) is 0 Å². The van der Waals surface area contributed by atoms with Crippen molar-refractivity contribution in [2.45, 2.75) is 37.6 Å². The molecule has 0 unspecified atom stereocenters. The number of rotatable bonds is 3. The molecule has 2 N–H and O–H groups in total. The fourth-order valence-corrected chi connectivity index (χ4v) is 4.49. The number of aryl methyl sites for hydroxylation is 2. The van der Waals surface area contributed by atoms with E-state index in [0.717, 1.165) is 24.0 Å². The number of benzene rings is 1. The third kappa shape index (κ3) is 2.30. The van der Waals surface area contributed by atoms with E-state index in [-0.39, 0.29) is 6.04 Å². The quantitative estimate of drug-likeness (QED) is 0.901. The van der Waals surface area contributed by atoms with Crippen LogP contribution in [0.4, 0.5) is 0 Å². The summed E-state index contributed by atoms with van der Waals surface area (Å²) in [4.78, 5) is 0.411. The minimum absolute atomic E-state index is 0.0456. The molecule has 0 spiro atoms. The van der Waals surface area contributed by atoms with Gasteiger partial charge in [-0.05, 0) is 38.3 Å². The minimum Gasteiger partial charge on any atom is -0.329 e. The third-order valence-corrected chi connectivity index (χ3v) is 5.62. The highest BCUT2D eigenvalue weighted by Gasteiger charge is 2.34. The number of sulfonamides is 1. The Bertz CT molecular complexity index is 540. The summed E-state index contributed by atoms with van der Waals surface area (Å²) < 4.78 is 26.8. The van der Waals surface area contributed by atoms with Crippen LogP contribution in [0.25, 0.3) is 0 Å². The Labute approximate surface area is 109 Å². The van der Waals surface area contributed by atoms with Crippen molar-refractivity contribution in [1.29, 1.82) is 0 Å². The smallest absolute Gasteiger partial charge is 0.243 e. The molecule has 0 aliphatic carbocycles. The van der Waals surface area contributed by atoms with E-state index in [0.29, 0.717) is 18.0 Å². The van der Waals surface area contributed by atoms with E-state index in [1.165, 1.54) is 0 Å². The normalized spacial score (nSPS) is 21.4. The summed E-state index contributed by atoms with van der Waals surface area (Å²) in [5.41, 5.74) is 7.53. The number of hydrogen-bond donors (Lipinski definition) is 1. The molecule has 1 aromatic rings. The Balaban J connectivity index is 2.42. The number of nitrogens with two attached hydrogens (primary N) is 1. The predicted octanol–water partition coefficient (Wildman–Crippen LogP) is 1.42. The second kappa shape index (κ2) is 4.99. The SMILES string of the molecule is Cc1ccc(S(=O)(=O)N2CCC[C@H]2CN)c(C)c1. The van der Waals surface area contributed by atoms with E-state index < -0.39 is 10.0 Å². The summed E-state index contributed by atoms with van der Waals surface area (Å²) in [6, 6.07) is 5.40. The highest BCUT2D eigenvalue weighted by molar-refractivity contribution is 7.89. The van der Waals surface area contributed by atoms with Crippen molar-refractivity contribution in [3.8, 4) is 0 Å². The lowest BCUT2D eigenvalue weighted by molar-refractivity contribution is 0.393. The summed E-state index contributed by atoms with van der Waals surface area (Å²) in [6.07, 6.45) is 1.76. The van der Waals surface area contributed by atoms with Crippen LogP contribution >= 0.6 is 0 Å². The lowest BCUT2D eigenvalue weighted by Gasteiger charge is -2.23. The van der Waals surface area contributed by atoms with Crippen LogP contribution in [0.2, 0.25) is 0 Å². The Morgan fingerprint density at radius 2 is 2.11 bits per heavy atom. The van der Waals surface area contributed by atoms with Crippen LogP contribution in [0.15, 0.2) is 23.1 Å². The van der Waals surface area contributed by atoms with Crippen molar-refractivity contribution in [3.63, 3.8) is 0 Å². The van der Waals surface area contributed by atoms with Gasteiger partial charge in [-0.15, -0.1) is 0 Å². The van der Waals surface area contributed by atoms with Gasteiger partial charge in [-0.3, -0.25) is 0 Å². The monoisotopic (exact) mass is 268 g/mol. The first-order chi connectivity index (χ1) is 8.46. The molecule has 1 heterocycles. The summed E-state index contributed by atoms with van der Waals surface area (Å²) in [7, 11) is -3.39. The first kappa shape index (κ1) is 13.5. The van der Waals surface area contributed by atoms with E-state index in [9.17, 15) is 8.42 Å². The van der Waals surface area contributed by atoms with Crippen LogP contribution in [0, 0.1) is 13.8 Å². The molecule has 0 radical (unpaired) electrons. The molecule has 0 saturated carbocycles. The van der Waals surface area contributed by atoms with E-state index in [2.05, 4.69) is 0 Å². The molecule has 1 atom stereocenters. The lowest BCUT2D eigenvalue weighted by atomic mass is 10.2. The van der Waals surface area contributed by atoms with Crippen LogP contribution in [-0.2, 0) is 10.0 Å². The lowest BCUT2D eigenvalue weighted by Crippen LogP contribution is -2.40. The topological polar surface area (TPSA) is 63.4 Å². The van der Waals surface area contributed by atoms with Gasteiger partial charge in [-0.2, -0.15) is 4.31 Å². The van der Waals surface area contributed by atoms with Crippen molar-refractivity contribution in [2.24, 2.45) is 5.73 Å². The molecule has 1 aromatic carbocycles. The first-order valence-electron chi connectivity index (χ1n) is 6.26. The van der Waals surface area contributed by atoms with Gasteiger partial charge in [0, 0.05) is 19.1 Å². The maximum Gasteiger partial charge on any atom is 0.243 e. The third-order valence-electron chi connectivity index (χ3n) is 3.51. The zero-order chi connectivity index (χ0) is 13.3. The summed E-state index contributed by atoms with van der Waals surface area (Å²) in [6.45, 7) is 4.77. The van der Waals surface area contributed by atoms with Crippen molar-refractivity contribution in [2.75, 3.05) is 13.1 Å². The van der Waals surface area contributed by atoms with E-state index in [1.807, 2.05) is 26.0 Å². The van der Waals surface area contributed by atoms with E-state index in [4.69, 9.17) is 5.73 Å². The van der Waals surface area contributed by atoms with Gasteiger partial charge in [-0.1, -0.05) is 17.7 Å². The first-order valence-corrected chi connectivity index (χ1v) is 7.70. The maximum absolute atomic E-state index is 12.6. The molecule has 1 aliphatic rings. The summed E-state index contributed by atoms with van der Waals surface area (Å²) in [5.74, 6) is 0. The molecule has 0 aromatic heterocycles. The highest BCUT2D eigenvalue weighted by atomic mass is 32.2. The Kier molecular flexibility index (Phi) is 3.75. The molecule has 1 fully saturated rings. The van der Waals surface area contributed by atoms with Crippen molar-refractivity contribution < 1.29 is 8.42 Å². The van der Waals surface area contributed by atoms with Crippen LogP contribution in [0.5, 0.6) is 0 Å². The molecule has 4 nitrogen and oxygen atoms in total. The molecule has 1 aliphatic heterocycles. The molecular formula is C13H20N2O2S. The van der Waals surface area contributed by atoms with Crippen molar-refractivity contribution in [3.05, 3.63) is 29.3 Å². The van der Waals surface area contributed by atoms with Crippen LogP contribution in [-0.4, -0.2) is 31.9 Å². The van der Waals surface area contributed by atoms with Crippen molar-refractivity contribution >= 4 is 10.0 Å². The Morgan fingerprint density at radius 3 is 2.72 bits per heavy atom. The highest BCUT2D eigenvalue weighted by Crippen LogP contribution is 2.27. The average molecular weight is 268 g/mol. The van der Waals surface area contributed by atoms with Crippen LogP contribution in [0.3, 0.4) is 0 Å². The number of nitrogens with zero attached hydrogens (tertiary/aromatic N) is 1. The van der Waals surface area contributed by atoms with Crippen LogP contribution in [0.1, 0.15) is 24.0 Å². The maximum atomic E-state index is 12.6. The molecule has 2 rings (SSSR count). The van der Waals surface area contributed by atoms with Gasteiger partial charge >= 0.3 is 0 Å². The molecule has 100 valence electrons. The van der Waals surface area contributed by atoms with Crippen LogP contribution < -0.4 is 5.73 Å². The van der Waals surface area contributed by atoms with Gasteiger partial charge in [-0.25, -0.2) is 8.42 Å². The Morgan fingerprint density at radius 1 is 1.39 bits per heavy atom. The Hall–Kier alpha value is -0.910. The largest absolute Gasteiger partial charge is 0.329 e. The molecule has 1 saturated heterocycles. The van der Waals surface area contributed by atoms with E-state index >= 15 is 0 Å². The minimum atomic E-state index is -3.39.